The van der Waals surface area contributed by atoms with Crippen molar-refractivity contribution in [1.82, 2.24) is 9.88 Å². The number of benzene rings is 1. The first-order valence-electron chi connectivity index (χ1n) is 8.16. The molecule has 0 spiro atoms. The Hall–Kier alpha value is -1.71. The second-order valence-corrected chi connectivity index (χ2v) is 6.61. The van der Waals surface area contributed by atoms with E-state index in [1.165, 1.54) is 6.42 Å². The maximum absolute atomic E-state index is 11.0. The van der Waals surface area contributed by atoms with Gasteiger partial charge in [-0.2, -0.15) is 0 Å². The smallest absolute Gasteiger partial charge is 0.0952 e. The van der Waals surface area contributed by atoms with Gasteiger partial charge in [0.25, 0.3) is 0 Å². The first kappa shape index (κ1) is 13.9. The van der Waals surface area contributed by atoms with E-state index in [1.807, 2.05) is 30.5 Å². The molecule has 22 heavy (non-hydrogen) atoms. The summed E-state index contributed by atoms with van der Waals surface area (Å²) in [6, 6.07) is 10.3. The topological polar surface area (TPSA) is 36.4 Å². The summed E-state index contributed by atoms with van der Waals surface area (Å²) in [5.41, 5.74) is 1.97. The summed E-state index contributed by atoms with van der Waals surface area (Å²) in [6.07, 6.45) is 5.76. The molecular weight excluding hydrogens is 272 g/mol. The lowest BCUT2D eigenvalue weighted by Crippen LogP contribution is -2.54. The summed E-state index contributed by atoms with van der Waals surface area (Å²) in [6.45, 7) is 6.11. The lowest BCUT2D eigenvalue weighted by molar-refractivity contribution is -0.0444. The Morgan fingerprint density at radius 1 is 1.32 bits per heavy atom. The van der Waals surface area contributed by atoms with Crippen molar-refractivity contribution in [2.45, 2.75) is 25.0 Å². The highest BCUT2D eigenvalue weighted by Crippen LogP contribution is 2.41. The molecule has 3 saturated heterocycles. The van der Waals surface area contributed by atoms with Crippen molar-refractivity contribution in [3.05, 3.63) is 54.7 Å². The van der Waals surface area contributed by atoms with Crippen LogP contribution in [0.1, 0.15) is 24.5 Å². The van der Waals surface area contributed by atoms with E-state index in [9.17, 15) is 5.11 Å². The van der Waals surface area contributed by atoms with Crippen molar-refractivity contribution in [3.8, 4) is 0 Å². The van der Waals surface area contributed by atoms with Crippen LogP contribution in [0.3, 0.4) is 0 Å². The van der Waals surface area contributed by atoms with Crippen LogP contribution >= 0.6 is 0 Å². The van der Waals surface area contributed by atoms with Crippen molar-refractivity contribution in [1.29, 1.82) is 0 Å². The molecule has 2 aromatic rings. The molecular formula is C19H22N2O. The van der Waals surface area contributed by atoms with Gasteiger partial charge in [-0.05, 0) is 48.9 Å². The Morgan fingerprint density at radius 3 is 2.95 bits per heavy atom. The van der Waals surface area contributed by atoms with E-state index in [0.29, 0.717) is 11.8 Å². The molecule has 5 rings (SSSR count). The number of hydrogen-bond acceptors (Lipinski definition) is 3. The maximum atomic E-state index is 11.0. The van der Waals surface area contributed by atoms with Crippen LogP contribution in [-0.4, -0.2) is 34.1 Å². The van der Waals surface area contributed by atoms with Crippen molar-refractivity contribution in [3.63, 3.8) is 0 Å². The molecule has 0 radical (unpaired) electrons. The number of aliphatic hydroxyl groups is 1. The molecule has 3 aliphatic rings. The van der Waals surface area contributed by atoms with Crippen molar-refractivity contribution < 1.29 is 5.11 Å². The molecule has 1 aromatic heterocycles. The number of pyridine rings is 1. The molecule has 1 N–H and O–H groups in total. The van der Waals surface area contributed by atoms with Gasteiger partial charge in [-0.15, -0.1) is 6.58 Å². The summed E-state index contributed by atoms with van der Waals surface area (Å²) < 4.78 is 0. The number of aromatic nitrogens is 1. The standard InChI is InChI=1S/C19H22N2O/c1-2-13-12-21-10-8-14(13)11-18(21)19(22)16-7-9-20-17-6-4-3-5-15(16)17/h2-7,9,13-14,18-19,22H,1,8,10-12H2/t13-,14+,18?,19+/m1/s1. The number of para-hydroxylation sites is 1. The van der Waals surface area contributed by atoms with E-state index in [0.717, 1.165) is 36.0 Å². The highest BCUT2D eigenvalue weighted by atomic mass is 16.3. The van der Waals surface area contributed by atoms with Gasteiger partial charge in [-0.25, -0.2) is 0 Å². The first-order chi connectivity index (χ1) is 10.8. The normalized spacial score (nSPS) is 32.0. The third-order valence-electron chi connectivity index (χ3n) is 5.52. The second-order valence-electron chi connectivity index (χ2n) is 6.61. The van der Waals surface area contributed by atoms with Gasteiger partial charge in [-0.1, -0.05) is 24.3 Å². The maximum Gasteiger partial charge on any atom is 0.0952 e. The van der Waals surface area contributed by atoms with E-state index in [1.54, 1.807) is 0 Å². The highest BCUT2D eigenvalue weighted by molar-refractivity contribution is 5.82. The van der Waals surface area contributed by atoms with Gasteiger partial charge >= 0.3 is 0 Å². The Morgan fingerprint density at radius 2 is 2.18 bits per heavy atom. The van der Waals surface area contributed by atoms with E-state index >= 15 is 0 Å². The molecule has 4 heterocycles. The number of piperidine rings is 3. The highest BCUT2D eigenvalue weighted by Gasteiger charge is 2.42. The van der Waals surface area contributed by atoms with E-state index in [-0.39, 0.29) is 6.04 Å². The molecule has 3 nitrogen and oxygen atoms in total. The van der Waals surface area contributed by atoms with Gasteiger partial charge in [0.2, 0.25) is 0 Å². The molecule has 3 aliphatic heterocycles. The van der Waals surface area contributed by atoms with Crippen LogP contribution in [0.4, 0.5) is 0 Å². The monoisotopic (exact) mass is 294 g/mol. The molecule has 2 bridgehead atoms. The summed E-state index contributed by atoms with van der Waals surface area (Å²) in [5.74, 6) is 1.27. The van der Waals surface area contributed by atoms with E-state index in [2.05, 4.69) is 28.6 Å². The molecule has 114 valence electrons. The SMILES string of the molecule is C=C[C@@H]1CN2CC[C@H]1CC2[C@@H](O)c1ccnc2ccccc12. The van der Waals surface area contributed by atoms with Gasteiger partial charge in [0.15, 0.2) is 0 Å². The Bertz CT molecular complexity index is 693. The quantitative estimate of drug-likeness (QED) is 0.883. The predicted molar refractivity (Wildman–Crippen MR) is 88.5 cm³/mol. The fourth-order valence-electron chi connectivity index (χ4n) is 4.29. The van der Waals surface area contributed by atoms with Crippen LogP contribution in [0.2, 0.25) is 0 Å². The number of fused-ring (bicyclic) bond motifs is 4. The minimum absolute atomic E-state index is 0.223. The minimum Gasteiger partial charge on any atom is -0.387 e. The number of aliphatic hydroxyl groups excluding tert-OH is 1. The molecule has 5 atom stereocenters. The second kappa shape index (κ2) is 5.49. The average molecular weight is 294 g/mol. The fraction of sp³-hybridized carbons (Fsp3) is 0.421. The van der Waals surface area contributed by atoms with Crippen LogP contribution in [-0.2, 0) is 0 Å². The minimum atomic E-state index is -0.443. The zero-order chi connectivity index (χ0) is 15.1. The fourth-order valence-corrected chi connectivity index (χ4v) is 4.29. The third-order valence-corrected chi connectivity index (χ3v) is 5.52. The molecule has 0 aliphatic carbocycles. The van der Waals surface area contributed by atoms with Crippen LogP contribution < -0.4 is 0 Å². The zero-order valence-electron chi connectivity index (χ0n) is 12.7. The Labute approximate surface area is 131 Å². The van der Waals surface area contributed by atoms with Crippen LogP contribution in [0, 0.1) is 11.8 Å². The van der Waals surface area contributed by atoms with Gasteiger partial charge < -0.3 is 5.11 Å². The van der Waals surface area contributed by atoms with Gasteiger partial charge in [0, 0.05) is 24.2 Å². The largest absolute Gasteiger partial charge is 0.387 e. The van der Waals surface area contributed by atoms with Gasteiger partial charge in [0.05, 0.1) is 11.6 Å². The molecule has 1 aromatic carbocycles. The summed E-state index contributed by atoms with van der Waals surface area (Å²) >= 11 is 0. The molecule has 3 heteroatoms. The zero-order valence-corrected chi connectivity index (χ0v) is 12.7. The van der Waals surface area contributed by atoms with Crippen LogP contribution in [0.5, 0.6) is 0 Å². The molecule has 2 unspecified atom stereocenters. The summed E-state index contributed by atoms with van der Waals surface area (Å²) in [7, 11) is 0. The van der Waals surface area contributed by atoms with Crippen molar-refractivity contribution >= 4 is 10.9 Å². The van der Waals surface area contributed by atoms with Gasteiger partial charge in [-0.3, -0.25) is 9.88 Å². The number of hydrogen-bond donors (Lipinski definition) is 1. The van der Waals surface area contributed by atoms with Gasteiger partial charge in [0.1, 0.15) is 0 Å². The van der Waals surface area contributed by atoms with E-state index < -0.39 is 6.10 Å². The third kappa shape index (κ3) is 2.16. The average Bonchev–Trinajstić information content (AvgIpc) is 2.60. The number of nitrogens with zero attached hydrogens (tertiary/aromatic N) is 2. The Kier molecular flexibility index (Phi) is 3.47. The predicted octanol–water partition coefficient (Wildman–Crippen LogP) is 3.16. The lowest BCUT2D eigenvalue weighted by atomic mass is 9.73. The lowest BCUT2D eigenvalue weighted by Gasteiger charge is -2.50. The van der Waals surface area contributed by atoms with Crippen LogP contribution in [0.25, 0.3) is 10.9 Å². The summed E-state index contributed by atoms with van der Waals surface area (Å²) in [5, 5.41) is 12.1. The van der Waals surface area contributed by atoms with Crippen molar-refractivity contribution in [2.24, 2.45) is 11.8 Å². The Balaban J connectivity index is 1.67. The first-order valence-corrected chi connectivity index (χ1v) is 8.16. The number of rotatable bonds is 3. The van der Waals surface area contributed by atoms with Crippen molar-refractivity contribution in [2.75, 3.05) is 13.1 Å². The molecule has 3 fully saturated rings. The van der Waals surface area contributed by atoms with E-state index in [4.69, 9.17) is 0 Å². The summed E-state index contributed by atoms with van der Waals surface area (Å²) in [4.78, 5) is 6.86. The van der Waals surface area contributed by atoms with Crippen LogP contribution in [0.15, 0.2) is 49.2 Å². The molecule has 0 saturated carbocycles. The molecule has 0 amide bonds.